The second kappa shape index (κ2) is 5.53. The first kappa shape index (κ1) is 14.0. The van der Waals surface area contributed by atoms with E-state index in [2.05, 4.69) is 60.0 Å². The van der Waals surface area contributed by atoms with E-state index >= 15 is 0 Å². The van der Waals surface area contributed by atoms with Crippen molar-refractivity contribution in [3.05, 3.63) is 60.7 Å². The summed E-state index contributed by atoms with van der Waals surface area (Å²) >= 11 is 0. The van der Waals surface area contributed by atoms with Gasteiger partial charge in [0, 0.05) is 12.6 Å². The number of benzene rings is 2. The molecule has 1 N–H and O–H groups in total. The van der Waals surface area contributed by atoms with Crippen molar-refractivity contribution in [2.24, 2.45) is 11.8 Å². The third-order valence-electron chi connectivity index (χ3n) is 5.66. The van der Waals surface area contributed by atoms with Crippen LogP contribution in [0, 0.1) is 11.8 Å². The lowest BCUT2D eigenvalue weighted by molar-refractivity contribution is -0.0444. The van der Waals surface area contributed by atoms with Gasteiger partial charge in [0.05, 0.1) is 6.10 Å². The average molecular weight is 293 g/mol. The van der Waals surface area contributed by atoms with Crippen molar-refractivity contribution in [2.45, 2.75) is 25.0 Å². The smallest absolute Gasteiger partial charge is 0.0951 e. The number of hydrogen-bond acceptors (Lipinski definition) is 2. The fourth-order valence-electron chi connectivity index (χ4n) is 4.42. The monoisotopic (exact) mass is 293 g/mol. The molecular formula is C20H23NO. The molecule has 0 radical (unpaired) electrons. The Balaban J connectivity index is 1.67. The van der Waals surface area contributed by atoms with Crippen molar-refractivity contribution in [1.82, 2.24) is 4.90 Å². The van der Waals surface area contributed by atoms with E-state index in [1.807, 2.05) is 0 Å². The van der Waals surface area contributed by atoms with Crippen LogP contribution in [0.15, 0.2) is 55.1 Å². The van der Waals surface area contributed by atoms with E-state index in [-0.39, 0.29) is 6.04 Å². The van der Waals surface area contributed by atoms with Crippen LogP contribution in [0.3, 0.4) is 0 Å². The number of rotatable bonds is 3. The van der Waals surface area contributed by atoms with E-state index in [0.717, 1.165) is 25.1 Å². The number of aliphatic hydroxyl groups excluding tert-OH is 1. The Hall–Kier alpha value is -1.64. The van der Waals surface area contributed by atoms with Crippen molar-refractivity contribution in [3.8, 4) is 0 Å². The lowest BCUT2D eigenvalue weighted by Gasteiger charge is -2.50. The molecule has 0 spiro atoms. The minimum atomic E-state index is -0.403. The molecule has 2 heteroatoms. The van der Waals surface area contributed by atoms with E-state index in [4.69, 9.17) is 0 Å². The molecule has 2 aromatic carbocycles. The molecule has 2 aromatic rings. The second-order valence-electron chi connectivity index (χ2n) is 6.76. The molecule has 0 saturated carbocycles. The van der Waals surface area contributed by atoms with Gasteiger partial charge in [0.25, 0.3) is 0 Å². The molecular weight excluding hydrogens is 270 g/mol. The predicted molar refractivity (Wildman–Crippen MR) is 90.7 cm³/mol. The van der Waals surface area contributed by atoms with E-state index in [9.17, 15) is 5.11 Å². The van der Waals surface area contributed by atoms with E-state index in [1.54, 1.807) is 0 Å². The lowest BCUT2D eigenvalue weighted by atomic mass is 9.73. The highest BCUT2D eigenvalue weighted by atomic mass is 16.3. The summed E-state index contributed by atoms with van der Waals surface area (Å²) in [4.78, 5) is 2.47. The molecule has 3 heterocycles. The summed E-state index contributed by atoms with van der Waals surface area (Å²) in [7, 11) is 0. The Labute approximate surface area is 132 Å². The predicted octanol–water partition coefficient (Wildman–Crippen LogP) is 3.77. The fraction of sp³-hybridized carbons (Fsp3) is 0.400. The molecule has 0 aromatic heterocycles. The summed E-state index contributed by atoms with van der Waals surface area (Å²) in [5, 5.41) is 13.4. The fourth-order valence-corrected chi connectivity index (χ4v) is 4.42. The van der Waals surface area contributed by atoms with Crippen molar-refractivity contribution < 1.29 is 5.11 Å². The standard InChI is InChI=1S/C20H23NO/c1-2-14-13-21-11-10-16(14)12-19(21)20(22)18-9-5-7-15-6-3-4-8-17(15)18/h2-9,14,16,19-20,22H,1,10-13H2/t14-,16-,19+,20+/m0/s1. The normalized spacial score (nSPS) is 32.0. The Bertz CT molecular complexity index is 690. The van der Waals surface area contributed by atoms with Crippen LogP contribution in [0.2, 0.25) is 0 Å². The summed E-state index contributed by atoms with van der Waals surface area (Å²) in [6.07, 6.45) is 4.04. The zero-order valence-corrected chi connectivity index (χ0v) is 12.9. The molecule has 0 aliphatic carbocycles. The quantitative estimate of drug-likeness (QED) is 0.871. The minimum Gasteiger partial charge on any atom is -0.387 e. The van der Waals surface area contributed by atoms with Crippen LogP contribution in [-0.2, 0) is 0 Å². The molecule has 1 unspecified atom stereocenters. The Morgan fingerprint density at radius 1 is 1.18 bits per heavy atom. The molecule has 2 nitrogen and oxygen atoms in total. The van der Waals surface area contributed by atoms with Crippen molar-refractivity contribution in [2.75, 3.05) is 13.1 Å². The first-order valence-electron chi connectivity index (χ1n) is 8.30. The SMILES string of the molecule is C=C[C@H]1CN2CC[C@H]1C[C@@H]2[C@H](O)c1cccc2ccccc12. The van der Waals surface area contributed by atoms with Crippen molar-refractivity contribution in [3.63, 3.8) is 0 Å². The summed E-state index contributed by atoms with van der Waals surface area (Å²) in [6.45, 7) is 6.15. The maximum atomic E-state index is 11.1. The zero-order chi connectivity index (χ0) is 15.1. The lowest BCUT2D eigenvalue weighted by Crippen LogP contribution is -2.54. The molecule has 3 fully saturated rings. The first-order chi connectivity index (χ1) is 10.8. The molecule has 2 bridgehead atoms. The molecule has 3 aliphatic heterocycles. The first-order valence-corrected chi connectivity index (χ1v) is 8.30. The van der Waals surface area contributed by atoms with Crippen molar-refractivity contribution in [1.29, 1.82) is 0 Å². The van der Waals surface area contributed by atoms with Gasteiger partial charge in [0.15, 0.2) is 0 Å². The van der Waals surface area contributed by atoms with Gasteiger partial charge in [0.2, 0.25) is 0 Å². The number of nitrogens with zero attached hydrogens (tertiary/aromatic N) is 1. The molecule has 5 rings (SSSR count). The van der Waals surface area contributed by atoms with E-state index in [1.165, 1.54) is 17.2 Å². The van der Waals surface area contributed by atoms with Crippen molar-refractivity contribution >= 4 is 10.8 Å². The largest absolute Gasteiger partial charge is 0.387 e. The van der Waals surface area contributed by atoms with Gasteiger partial charge in [-0.3, -0.25) is 4.90 Å². The van der Waals surface area contributed by atoms with Gasteiger partial charge in [-0.25, -0.2) is 0 Å². The molecule has 3 saturated heterocycles. The number of piperidine rings is 3. The maximum Gasteiger partial charge on any atom is 0.0951 e. The Morgan fingerprint density at radius 2 is 2.00 bits per heavy atom. The Kier molecular flexibility index (Phi) is 3.51. The summed E-state index contributed by atoms with van der Waals surface area (Å²) in [6, 6.07) is 14.9. The van der Waals surface area contributed by atoms with Crippen LogP contribution < -0.4 is 0 Å². The van der Waals surface area contributed by atoms with Gasteiger partial charge in [-0.1, -0.05) is 48.5 Å². The Morgan fingerprint density at radius 3 is 2.77 bits per heavy atom. The topological polar surface area (TPSA) is 23.5 Å². The molecule has 5 atom stereocenters. The van der Waals surface area contributed by atoms with Crippen LogP contribution in [0.5, 0.6) is 0 Å². The van der Waals surface area contributed by atoms with E-state index in [0.29, 0.717) is 11.8 Å². The molecule has 22 heavy (non-hydrogen) atoms. The molecule has 0 amide bonds. The maximum absolute atomic E-state index is 11.1. The summed E-state index contributed by atoms with van der Waals surface area (Å²) in [5.41, 5.74) is 1.07. The summed E-state index contributed by atoms with van der Waals surface area (Å²) in [5.74, 6) is 1.29. The van der Waals surface area contributed by atoms with Gasteiger partial charge in [0.1, 0.15) is 0 Å². The van der Waals surface area contributed by atoms with Crippen LogP contribution in [0.25, 0.3) is 10.8 Å². The molecule has 3 aliphatic rings. The third-order valence-corrected chi connectivity index (χ3v) is 5.66. The highest BCUT2D eigenvalue weighted by Gasteiger charge is 2.42. The number of aliphatic hydroxyl groups is 1. The average Bonchev–Trinajstić information content (AvgIpc) is 2.60. The van der Waals surface area contributed by atoms with Crippen LogP contribution >= 0.6 is 0 Å². The van der Waals surface area contributed by atoms with Gasteiger partial charge in [-0.2, -0.15) is 0 Å². The number of fused-ring (bicyclic) bond motifs is 4. The van der Waals surface area contributed by atoms with Gasteiger partial charge in [-0.15, -0.1) is 6.58 Å². The van der Waals surface area contributed by atoms with Gasteiger partial charge >= 0.3 is 0 Å². The zero-order valence-electron chi connectivity index (χ0n) is 12.9. The van der Waals surface area contributed by atoms with E-state index < -0.39 is 6.10 Å². The van der Waals surface area contributed by atoms with Gasteiger partial charge < -0.3 is 5.11 Å². The minimum absolute atomic E-state index is 0.251. The highest BCUT2D eigenvalue weighted by Crippen LogP contribution is 2.42. The number of hydrogen-bond donors (Lipinski definition) is 1. The van der Waals surface area contributed by atoms with Crippen LogP contribution in [-0.4, -0.2) is 29.1 Å². The van der Waals surface area contributed by atoms with Crippen LogP contribution in [0.1, 0.15) is 24.5 Å². The van der Waals surface area contributed by atoms with Gasteiger partial charge in [-0.05, 0) is 47.6 Å². The third kappa shape index (κ3) is 2.18. The molecule has 114 valence electrons. The second-order valence-corrected chi connectivity index (χ2v) is 6.76. The summed E-state index contributed by atoms with van der Waals surface area (Å²) < 4.78 is 0. The highest BCUT2D eigenvalue weighted by molar-refractivity contribution is 5.86. The van der Waals surface area contributed by atoms with Crippen LogP contribution in [0.4, 0.5) is 0 Å².